The highest BCUT2D eigenvalue weighted by molar-refractivity contribution is 7.89. The van der Waals surface area contributed by atoms with Crippen molar-refractivity contribution in [3.05, 3.63) is 29.3 Å². The summed E-state index contributed by atoms with van der Waals surface area (Å²) in [5, 5.41) is 5.14. The Kier molecular flexibility index (Phi) is 5.65. The van der Waals surface area contributed by atoms with Gasteiger partial charge in [-0.15, -0.1) is 0 Å². The van der Waals surface area contributed by atoms with E-state index in [-0.39, 0.29) is 11.7 Å². The summed E-state index contributed by atoms with van der Waals surface area (Å²) in [6.45, 7) is 2.44. The average Bonchev–Trinajstić information content (AvgIpc) is 2.43. The van der Waals surface area contributed by atoms with Crippen molar-refractivity contribution in [2.45, 2.75) is 45.4 Å². The number of rotatable bonds is 7. The number of aryl methyl sites for hydroxylation is 2. The van der Waals surface area contributed by atoms with Crippen LogP contribution in [0.4, 0.5) is 0 Å². The second-order valence-corrected chi connectivity index (χ2v) is 7.59. The first-order chi connectivity index (χ1) is 9.98. The third-order valence-corrected chi connectivity index (χ3v) is 4.91. The van der Waals surface area contributed by atoms with Gasteiger partial charge in [-0.3, -0.25) is 0 Å². The molecule has 1 atom stereocenters. The van der Waals surface area contributed by atoms with Gasteiger partial charge in [-0.25, -0.2) is 13.6 Å². The highest BCUT2D eigenvalue weighted by atomic mass is 32.2. The van der Waals surface area contributed by atoms with Crippen molar-refractivity contribution in [3.8, 4) is 5.75 Å². The number of fused-ring (bicyclic) bond motifs is 1. The van der Waals surface area contributed by atoms with Gasteiger partial charge >= 0.3 is 0 Å². The van der Waals surface area contributed by atoms with E-state index < -0.39 is 10.0 Å². The molecule has 0 aliphatic heterocycles. The third kappa shape index (κ3) is 5.32. The molecule has 118 valence electrons. The molecule has 0 amide bonds. The lowest BCUT2D eigenvalue weighted by Gasteiger charge is -2.19. The van der Waals surface area contributed by atoms with E-state index in [0.717, 1.165) is 31.4 Å². The second kappa shape index (κ2) is 7.27. The van der Waals surface area contributed by atoms with Crippen molar-refractivity contribution in [1.29, 1.82) is 0 Å². The predicted molar refractivity (Wildman–Crippen MR) is 85.0 cm³/mol. The first kappa shape index (κ1) is 16.3. The Hall–Kier alpha value is -1.07. The zero-order valence-electron chi connectivity index (χ0n) is 12.7. The van der Waals surface area contributed by atoms with Crippen molar-refractivity contribution >= 4 is 10.0 Å². The fourth-order valence-corrected chi connectivity index (χ4v) is 3.89. The number of hydrogen-bond donors (Lipinski definition) is 1. The van der Waals surface area contributed by atoms with E-state index in [9.17, 15) is 8.42 Å². The van der Waals surface area contributed by atoms with Crippen LogP contribution in [0.5, 0.6) is 5.75 Å². The van der Waals surface area contributed by atoms with Gasteiger partial charge in [0.05, 0.1) is 12.4 Å². The summed E-state index contributed by atoms with van der Waals surface area (Å²) in [5.74, 6) is 0.790. The molecule has 2 rings (SSSR count). The Bertz CT molecular complexity index is 569. The lowest BCUT2D eigenvalue weighted by molar-refractivity contribution is 0.252. The van der Waals surface area contributed by atoms with Gasteiger partial charge in [-0.1, -0.05) is 19.4 Å². The number of nitrogens with two attached hydrogens (primary N) is 1. The minimum atomic E-state index is -3.44. The summed E-state index contributed by atoms with van der Waals surface area (Å²) in [6.07, 6.45) is 6.50. The predicted octanol–water partition coefficient (Wildman–Crippen LogP) is 2.65. The summed E-state index contributed by atoms with van der Waals surface area (Å²) in [6, 6.07) is 6.23. The highest BCUT2D eigenvalue weighted by Gasteiger charge is 2.16. The molecule has 0 aromatic heterocycles. The fourth-order valence-electron chi connectivity index (χ4n) is 2.97. The van der Waals surface area contributed by atoms with Crippen LogP contribution >= 0.6 is 0 Å². The highest BCUT2D eigenvalue weighted by Crippen LogP contribution is 2.25. The fraction of sp³-hybridized carbons (Fsp3) is 0.625. The first-order valence-electron chi connectivity index (χ1n) is 7.73. The van der Waals surface area contributed by atoms with Crippen LogP contribution in [0.15, 0.2) is 18.2 Å². The van der Waals surface area contributed by atoms with Gasteiger partial charge in [0.1, 0.15) is 5.75 Å². The van der Waals surface area contributed by atoms with Crippen molar-refractivity contribution in [3.63, 3.8) is 0 Å². The van der Waals surface area contributed by atoms with Crippen LogP contribution in [-0.2, 0) is 22.9 Å². The monoisotopic (exact) mass is 311 g/mol. The number of sulfonamides is 1. The quantitative estimate of drug-likeness (QED) is 0.841. The molecule has 2 N–H and O–H groups in total. The third-order valence-electron chi connectivity index (χ3n) is 3.97. The van der Waals surface area contributed by atoms with Gasteiger partial charge in [0.25, 0.3) is 0 Å². The zero-order chi connectivity index (χ0) is 15.3. The zero-order valence-corrected chi connectivity index (χ0v) is 13.5. The summed E-state index contributed by atoms with van der Waals surface area (Å²) >= 11 is 0. The maximum absolute atomic E-state index is 11.2. The Morgan fingerprint density at radius 2 is 1.95 bits per heavy atom. The first-order valence-corrected chi connectivity index (χ1v) is 9.44. The number of primary sulfonamides is 1. The molecule has 1 aliphatic rings. The molecule has 0 saturated heterocycles. The molecule has 0 bridgehead atoms. The molecule has 0 fully saturated rings. The Morgan fingerprint density at radius 1 is 1.24 bits per heavy atom. The molecule has 1 aromatic rings. The summed E-state index contributed by atoms with van der Waals surface area (Å²) < 4.78 is 28.3. The molecule has 5 heteroatoms. The minimum Gasteiger partial charge on any atom is -0.493 e. The molecule has 1 aliphatic carbocycles. The number of ether oxygens (including phenoxy) is 1. The molecule has 1 unspecified atom stereocenters. The summed E-state index contributed by atoms with van der Waals surface area (Å²) in [4.78, 5) is 0. The molecule has 0 saturated carbocycles. The molecule has 1 aromatic carbocycles. The summed E-state index contributed by atoms with van der Waals surface area (Å²) in [7, 11) is -3.44. The Balaban J connectivity index is 1.97. The summed E-state index contributed by atoms with van der Waals surface area (Å²) in [5.41, 5.74) is 2.79. The maximum Gasteiger partial charge on any atom is 0.209 e. The largest absolute Gasteiger partial charge is 0.493 e. The van der Waals surface area contributed by atoms with E-state index in [4.69, 9.17) is 9.88 Å². The Morgan fingerprint density at radius 3 is 2.62 bits per heavy atom. The minimum absolute atomic E-state index is 0.00815. The number of benzene rings is 1. The van der Waals surface area contributed by atoms with Crippen molar-refractivity contribution in [2.24, 2.45) is 11.1 Å². The van der Waals surface area contributed by atoms with Crippen molar-refractivity contribution < 1.29 is 13.2 Å². The molecule has 0 radical (unpaired) electrons. The molecule has 4 nitrogen and oxygen atoms in total. The van der Waals surface area contributed by atoms with Gasteiger partial charge in [-0.05, 0) is 55.4 Å². The normalized spacial score (nSPS) is 16.3. The van der Waals surface area contributed by atoms with Crippen LogP contribution in [0, 0.1) is 5.92 Å². The van der Waals surface area contributed by atoms with Gasteiger partial charge < -0.3 is 4.74 Å². The van der Waals surface area contributed by atoms with Crippen molar-refractivity contribution in [1.82, 2.24) is 0 Å². The van der Waals surface area contributed by atoms with E-state index in [1.807, 2.05) is 13.0 Å². The van der Waals surface area contributed by atoms with E-state index in [2.05, 4.69) is 12.1 Å². The van der Waals surface area contributed by atoms with Crippen LogP contribution in [0.1, 0.15) is 43.7 Å². The van der Waals surface area contributed by atoms with E-state index in [1.165, 1.54) is 24.0 Å². The van der Waals surface area contributed by atoms with E-state index in [1.54, 1.807) is 0 Å². The van der Waals surface area contributed by atoms with Gasteiger partial charge in [0.15, 0.2) is 0 Å². The number of hydrogen-bond acceptors (Lipinski definition) is 3. The maximum atomic E-state index is 11.2. The van der Waals surface area contributed by atoms with Crippen molar-refractivity contribution in [2.75, 3.05) is 12.4 Å². The van der Waals surface area contributed by atoms with Crippen LogP contribution < -0.4 is 9.88 Å². The molecular weight excluding hydrogens is 286 g/mol. The van der Waals surface area contributed by atoms with Gasteiger partial charge in [0, 0.05) is 5.92 Å². The van der Waals surface area contributed by atoms with Crippen LogP contribution in [0.25, 0.3) is 0 Å². The molecule has 0 spiro atoms. The van der Waals surface area contributed by atoms with Crippen LogP contribution in [0.2, 0.25) is 0 Å². The molecular formula is C16H25NO3S. The van der Waals surface area contributed by atoms with E-state index >= 15 is 0 Å². The second-order valence-electron chi connectivity index (χ2n) is 5.93. The SMILES string of the molecule is CCCC(COc1ccc2c(c1)CCCC2)CS(N)(=O)=O. The smallest absolute Gasteiger partial charge is 0.209 e. The lowest BCUT2D eigenvalue weighted by Crippen LogP contribution is -2.27. The lowest BCUT2D eigenvalue weighted by atomic mass is 9.92. The van der Waals surface area contributed by atoms with Gasteiger partial charge in [0.2, 0.25) is 10.0 Å². The Labute approximate surface area is 127 Å². The molecule has 21 heavy (non-hydrogen) atoms. The van der Waals surface area contributed by atoms with E-state index in [0.29, 0.717) is 6.61 Å². The molecule has 0 heterocycles. The standard InChI is InChI=1S/C16H25NO3S/c1-2-5-13(12-21(17,18)19)11-20-16-9-8-14-6-3-4-7-15(14)10-16/h8-10,13H,2-7,11-12H2,1H3,(H2,17,18,19). The van der Waals surface area contributed by atoms with Gasteiger partial charge in [-0.2, -0.15) is 0 Å². The average molecular weight is 311 g/mol. The van der Waals surface area contributed by atoms with Crippen LogP contribution in [-0.4, -0.2) is 20.8 Å². The topological polar surface area (TPSA) is 69.4 Å². The van der Waals surface area contributed by atoms with Crippen LogP contribution in [0.3, 0.4) is 0 Å².